The van der Waals surface area contributed by atoms with Gasteiger partial charge in [0.25, 0.3) is 5.91 Å². The van der Waals surface area contributed by atoms with Crippen LogP contribution in [0.2, 0.25) is 0 Å². The Morgan fingerprint density at radius 1 is 1.03 bits per heavy atom. The van der Waals surface area contributed by atoms with Crippen molar-refractivity contribution in [1.29, 1.82) is 0 Å². The number of hydrazine groups is 1. The molecule has 0 aliphatic heterocycles. The number of nitrogens with zero attached hydrogens (tertiary/aromatic N) is 3. The largest absolute Gasteiger partial charge is 0.303 e. The van der Waals surface area contributed by atoms with Gasteiger partial charge in [0.2, 0.25) is 5.91 Å². The Hall–Kier alpha value is -2.65. The van der Waals surface area contributed by atoms with E-state index < -0.39 is 0 Å². The second kappa shape index (κ2) is 10.6. The predicted octanol–water partition coefficient (Wildman–Crippen LogP) is 3.99. The van der Waals surface area contributed by atoms with E-state index in [-0.39, 0.29) is 17.6 Å². The van der Waals surface area contributed by atoms with Crippen molar-refractivity contribution in [3.63, 3.8) is 0 Å². The second-order valence-corrected chi connectivity index (χ2v) is 9.45. The molecule has 2 amide bonds. The van der Waals surface area contributed by atoms with Gasteiger partial charge in [-0.2, -0.15) is 0 Å². The van der Waals surface area contributed by atoms with Crippen molar-refractivity contribution in [2.45, 2.75) is 49.7 Å². The Morgan fingerprint density at radius 3 is 2.58 bits per heavy atom. The van der Waals surface area contributed by atoms with Gasteiger partial charge in [0.05, 0.1) is 5.75 Å². The molecule has 0 bridgehead atoms. The topological polar surface area (TPSA) is 88.9 Å². The highest BCUT2D eigenvalue weighted by Gasteiger charge is 2.23. The van der Waals surface area contributed by atoms with Gasteiger partial charge in [-0.25, -0.2) is 0 Å². The maximum atomic E-state index is 12.3. The lowest BCUT2D eigenvalue weighted by Gasteiger charge is -2.25. The summed E-state index contributed by atoms with van der Waals surface area (Å²) in [7, 11) is 0. The van der Waals surface area contributed by atoms with Crippen molar-refractivity contribution in [3.8, 4) is 0 Å². The molecule has 3 aromatic rings. The van der Waals surface area contributed by atoms with Crippen LogP contribution in [0.25, 0.3) is 0 Å². The van der Waals surface area contributed by atoms with E-state index in [4.69, 9.17) is 0 Å². The quantitative estimate of drug-likeness (QED) is 0.415. The van der Waals surface area contributed by atoms with Gasteiger partial charge in [-0.05, 0) is 36.4 Å². The fraction of sp³-hybridized carbons (Fsp3) is 0.364. The maximum Gasteiger partial charge on any atom is 0.269 e. The van der Waals surface area contributed by atoms with Crippen LogP contribution >= 0.6 is 23.1 Å². The summed E-state index contributed by atoms with van der Waals surface area (Å²) in [4.78, 5) is 25.6. The first-order chi connectivity index (χ1) is 15.2. The molecular formula is C22H25N5O2S2. The van der Waals surface area contributed by atoms with E-state index in [0.717, 1.165) is 30.2 Å². The molecule has 0 radical (unpaired) electrons. The van der Waals surface area contributed by atoms with Gasteiger partial charge in [-0.1, -0.05) is 55.3 Å². The van der Waals surface area contributed by atoms with Gasteiger partial charge in [-0.15, -0.1) is 21.5 Å². The maximum absolute atomic E-state index is 12.3. The lowest BCUT2D eigenvalue weighted by molar-refractivity contribution is -0.119. The van der Waals surface area contributed by atoms with Crippen molar-refractivity contribution in [1.82, 2.24) is 25.6 Å². The molecule has 0 saturated heterocycles. The Morgan fingerprint density at radius 2 is 1.84 bits per heavy atom. The van der Waals surface area contributed by atoms with Gasteiger partial charge in [0, 0.05) is 22.9 Å². The lowest BCUT2D eigenvalue weighted by Crippen LogP contribution is -2.42. The summed E-state index contributed by atoms with van der Waals surface area (Å²) in [6.07, 6.45) is 6.66. The van der Waals surface area contributed by atoms with Crippen LogP contribution < -0.4 is 10.9 Å². The minimum atomic E-state index is -0.345. The molecule has 2 heterocycles. The van der Waals surface area contributed by atoms with Crippen LogP contribution in [0, 0.1) is 0 Å². The SMILES string of the molecule is O=C(CSc1nnc(Cc2cccs2)n1C1CCCCC1)NNC(=O)c1ccccc1. The van der Waals surface area contributed by atoms with Gasteiger partial charge in [0.1, 0.15) is 5.82 Å². The predicted molar refractivity (Wildman–Crippen MR) is 122 cm³/mol. The zero-order chi connectivity index (χ0) is 21.5. The van der Waals surface area contributed by atoms with Crippen molar-refractivity contribution >= 4 is 34.9 Å². The molecule has 1 aliphatic rings. The molecule has 4 rings (SSSR count). The smallest absolute Gasteiger partial charge is 0.269 e. The number of nitrogens with one attached hydrogen (secondary N) is 2. The van der Waals surface area contributed by atoms with Crippen molar-refractivity contribution in [2.75, 3.05) is 5.75 Å². The number of carbonyl (C=O) groups is 2. The number of thioether (sulfide) groups is 1. The normalized spacial score (nSPS) is 14.3. The Bertz CT molecular complexity index is 998. The Labute approximate surface area is 189 Å². The number of carbonyl (C=O) groups excluding carboxylic acids is 2. The van der Waals surface area contributed by atoms with Crippen molar-refractivity contribution in [2.24, 2.45) is 0 Å². The number of thiophene rings is 1. The summed E-state index contributed by atoms with van der Waals surface area (Å²) in [5.41, 5.74) is 5.42. The van der Waals surface area contributed by atoms with Crippen LogP contribution in [0.4, 0.5) is 0 Å². The third kappa shape index (κ3) is 5.74. The molecule has 2 N–H and O–H groups in total. The molecule has 9 heteroatoms. The van der Waals surface area contributed by atoms with Crippen molar-refractivity contribution in [3.05, 3.63) is 64.1 Å². The van der Waals surface area contributed by atoms with E-state index in [0.29, 0.717) is 11.6 Å². The summed E-state index contributed by atoms with van der Waals surface area (Å²) in [6, 6.07) is 13.3. The zero-order valence-electron chi connectivity index (χ0n) is 17.1. The van der Waals surface area contributed by atoms with Crippen LogP contribution in [0.3, 0.4) is 0 Å². The molecule has 1 saturated carbocycles. The third-order valence-corrected chi connectivity index (χ3v) is 7.09. The summed E-state index contributed by atoms with van der Waals surface area (Å²) >= 11 is 3.07. The highest BCUT2D eigenvalue weighted by Crippen LogP contribution is 2.33. The van der Waals surface area contributed by atoms with Gasteiger partial charge in [0.15, 0.2) is 5.16 Å². The lowest BCUT2D eigenvalue weighted by atomic mass is 9.95. The highest BCUT2D eigenvalue weighted by atomic mass is 32.2. The summed E-state index contributed by atoms with van der Waals surface area (Å²) in [5, 5.41) is 11.7. The summed E-state index contributed by atoms with van der Waals surface area (Å²) in [5.74, 6) is 0.475. The van der Waals surface area contributed by atoms with Crippen LogP contribution in [-0.2, 0) is 11.2 Å². The monoisotopic (exact) mass is 455 g/mol. The van der Waals surface area contributed by atoms with E-state index in [1.54, 1.807) is 35.6 Å². The fourth-order valence-electron chi connectivity index (χ4n) is 3.76. The highest BCUT2D eigenvalue weighted by molar-refractivity contribution is 7.99. The number of aromatic nitrogens is 3. The van der Waals surface area contributed by atoms with E-state index in [9.17, 15) is 9.59 Å². The van der Waals surface area contributed by atoms with Crippen LogP contribution in [-0.4, -0.2) is 32.3 Å². The molecule has 1 aromatic carbocycles. The summed E-state index contributed by atoms with van der Waals surface area (Å²) < 4.78 is 2.24. The van der Waals surface area contributed by atoms with E-state index >= 15 is 0 Å². The van der Waals surface area contributed by atoms with Gasteiger partial charge >= 0.3 is 0 Å². The third-order valence-electron chi connectivity index (χ3n) is 5.27. The van der Waals surface area contributed by atoms with Crippen LogP contribution in [0.5, 0.6) is 0 Å². The fourth-order valence-corrected chi connectivity index (χ4v) is 5.28. The second-order valence-electron chi connectivity index (χ2n) is 7.47. The molecule has 1 aliphatic carbocycles. The molecule has 31 heavy (non-hydrogen) atoms. The van der Waals surface area contributed by atoms with Crippen LogP contribution in [0.1, 0.15) is 59.2 Å². The first kappa shape index (κ1) is 21.6. The molecule has 2 aromatic heterocycles. The number of rotatable bonds is 7. The number of amides is 2. The van der Waals surface area contributed by atoms with E-state index in [1.807, 2.05) is 12.1 Å². The van der Waals surface area contributed by atoms with Gasteiger partial charge < -0.3 is 4.57 Å². The van der Waals surface area contributed by atoms with Crippen LogP contribution in [0.15, 0.2) is 53.0 Å². The molecule has 7 nitrogen and oxygen atoms in total. The standard InChI is InChI=1S/C22H25N5O2S2/c28-20(24-25-21(29)16-8-3-1-4-9-16)15-31-22-26-23-19(14-18-12-7-13-30-18)27(22)17-10-5-2-6-11-17/h1,3-4,7-9,12-13,17H,2,5-6,10-11,14-15H2,(H,24,28)(H,25,29). The van der Waals surface area contributed by atoms with E-state index in [1.165, 1.54) is 35.9 Å². The summed E-state index contributed by atoms with van der Waals surface area (Å²) in [6.45, 7) is 0. The first-order valence-electron chi connectivity index (χ1n) is 10.4. The average Bonchev–Trinajstić information content (AvgIpc) is 3.47. The molecule has 0 spiro atoms. The number of benzene rings is 1. The molecule has 1 fully saturated rings. The number of hydrogen-bond donors (Lipinski definition) is 2. The zero-order valence-corrected chi connectivity index (χ0v) is 18.8. The molecular weight excluding hydrogens is 430 g/mol. The first-order valence-corrected chi connectivity index (χ1v) is 12.3. The minimum absolute atomic E-state index is 0.152. The minimum Gasteiger partial charge on any atom is -0.303 e. The van der Waals surface area contributed by atoms with Gasteiger partial charge in [-0.3, -0.25) is 20.4 Å². The number of hydrogen-bond acceptors (Lipinski definition) is 6. The van der Waals surface area contributed by atoms with Crippen molar-refractivity contribution < 1.29 is 9.59 Å². The Kier molecular flexibility index (Phi) is 7.37. The average molecular weight is 456 g/mol. The molecule has 0 unspecified atom stereocenters. The molecule has 162 valence electrons. The Balaban J connectivity index is 1.38. The van der Waals surface area contributed by atoms with E-state index in [2.05, 4.69) is 37.1 Å². The molecule has 0 atom stereocenters.